The first-order valence-corrected chi connectivity index (χ1v) is 18.4. The van der Waals surface area contributed by atoms with Crippen molar-refractivity contribution in [3.05, 3.63) is 129 Å². The molecule has 0 bridgehead atoms. The van der Waals surface area contributed by atoms with Crippen molar-refractivity contribution in [3.63, 3.8) is 0 Å². The number of nitrogens with zero attached hydrogens (tertiary/aromatic N) is 9. The van der Waals surface area contributed by atoms with Crippen LogP contribution in [0.15, 0.2) is 78.3 Å². The zero-order valence-electron chi connectivity index (χ0n) is 34.3. The van der Waals surface area contributed by atoms with Gasteiger partial charge in [0.2, 0.25) is 11.4 Å². The number of carbonyl (C=O) groups excluding carboxylic acids is 2. The number of ether oxygens (including phenoxy) is 2. The molecule has 4 aromatic heterocycles. The van der Waals surface area contributed by atoms with Gasteiger partial charge in [-0.15, -0.1) is 0 Å². The number of aromatic nitrogens is 4. The Labute approximate surface area is 352 Å². The highest BCUT2D eigenvalue weighted by Gasteiger charge is 2.20. The molecule has 0 radical (unpaired) electrons. The van der Waals surface area contributed by atoms with Crippen LogP contribution in [-0.2, 0) is 35.7 Å². The molecule has 0 aromatic carbocycles. The summed E-state index contributed by atoms with van der Waals surface area (Å²) in [4.78, 5) is 48.8. The van der Waals surface area contributed by atoms with Crippen LogP contribution in [0.2, 0.25) is 0 Å². The number of amides is 2. The van der Waals surface area contributed by atoms with E-state index in [4.69, 9.17) is 27.9 Å². The van der Waals surface area contributed by atoms with Crippen molar-refractivity contribution in [2.45, 2.75) is 86.4 Å². The molecule has 0 saturated heterocycles. The first kappa shape index (κ1) is 52.0. The molecule has 4 rings (SSSR count). The van der Waals surface area contributed by atoms with Crippen LogP contribution in [0.5, 0.6) is 0 Å². The van der Waals surface area contributed by atoms with Gasteiger partial charge >= 0.3 is 12.2 Å². The van der Waals surface area contributed by atoms with Crippen molar-refractivity contribution in [3.8, 4) is 6.07 Å². The zero-order valence-corrected chi connectivity index (χ0v) is 35.9. The molecule has 0 fully saturated rings. The minimum atomic E-state index is -0.512. The van der Waals surface area contributed by atoms with Crippen LogP contribution >= 0.6 is 15.9 Å². The Bertz CT molecular complexity index is 1940. The van der Waals surface area contributed by atoms with Crippen LogP contribution in [0.3, 0.4) is 0 Å². The molecule has 0 atom stereocenters. The predicted octanol–water partition coefficient (Wildman–Crippen LogP) is 8.87. The fraction of sp³-hybridized carbons (Fsp3) is 0.405. The van der Waals surface area contributed by atoms with Crippen LogP contribution in [0, 0.1) is 24.5 Å². The van der Waals surface area contributed by atoms with Crippen molar-refractivity contribution in [1.82, 2.24) is 40.4 Å². The van der Waals surface area contributed by atoms with Gasteiger partial charge in [-0.05, 0) is 118 Å². The van der Waals surface area contributed by atoms with Crippen LogP contribution < -0.4 is 10.6 Å². The zero-order chi connectivity index (χ0) is 43.0. The lowest BCUT2D eigenvalue weighted by atomic mass is 10.2. The largest absolute Gasteiger partial charge is 0.444 e. The first-order chi connectivity index (χ1) is 26.8. The van der Waals surface area contributed by atoms with Gasteiger partial charge in [-0.25, -0.2) is 19.3 Å². The summed E-state index contributed by atoms with van der Waals surface area (Å²) in [6, 6.07) is 9.32. The second-order valence-electron chi connectivity index (χ2n) is 14.3. The highest BCUT2D eigenvalue weighted by molar-refractivity contribution is 9.10. The van der Waals surface area contributed by atoms with E-state index in [0.29, 0.717) is 30.0 Å². The van der Waals surface area contributed by atoms with Crippen LogP contribution in [0.25, 0.3) is 9.69 Å². The van der Waals surface area contributed by atoms with Crippen LogP contribution in [-0.4, -0.2) is 81.3 Å². The summed E-state index contributed by atoms with van der Waals surface area (Å²) in [6.45, 7) is 27.0. The maximum Gasteiger partial charge on any atom is 0.410 e. The molecule has 0 saturated carbocycles. The van der Waals surface area contributed by atoms with E-state index in [-0.39, 0.29) is 13.5 Å². The summed E-state index contributed by atoms with van der Waals surface area (Å²) in [5.74, 6) is 0. The average Bonchev–Trinajstić information content (AvgIpc) is 3.15. The molecule has 4 heterocycles. The monoisotopic (exact) mass is 857 g/mol. The summed E-state index contributed by atoms with van der Waals surface area (Å²) in [6.07, 6.45) is 12.4. The standard InChI is InChI=1S/C13H17N3O2.C12H17BrN2O2.2C8H9N3.CH4/c1-13(2,3)18-12(17)16(5)9-10-6-11(14-4)8-15-7-10;1-12(2,3)17-11(16)15(4)8-9-5-10(13)7-14-6-9;1-9-4-7-3-8(10-2)6-11-5-7;1-10-4-8-2-7(3-9)5-11-6-8;/h6-8H,9H2,1-3,5H3;5-7H,8H2,1-4H3;3,5-6,9H,4H2,1H3;2,5-6,10H,4H2,1H3;1H4. The number of rotatable bonds is 8. The average molecular weight is 859 g/mol. The Hall–Kier alpha value is -5.99. The summed E-state index contributed by atoms with van der Waals surface area (Å²) in [5.41, 5.74) is 4.51. The molecule has 58 heavy (non-hydrogen) atoms. The van der Waals surface area contributed by atoms with E-state index in [0.717, 1.165) is 39.8 Å². The first-order valence-electron chi connectivity index (χ1n) is 17.6. The van der Waals surface area contributed by atoms with Crippen molar-refractivity contribution >= 4 is 39.5 Å². The Morgan fingerprint density at radius 2 is 1.07 bits per heavy atom. The Morgan fingerprint density at radius 1 is 0.690 bits per heavy atom. The quantitative estimate of drug-likeness (QED) is 0.163. The molecule has 0 unspecified atom stereocenters. The third-order valence-corrected chi connectivity index (χ3v) is 6.95. The Kier molecular flexibility index (Phi) is 24.0. The van der Waals surface area contributed by atoms with Gasteiger partial charge < -0.3 is 29.9 Å². The van der Waals surface area contributed by atoms with Crippen LogP contribution in [0.4, 0.5) is 21.0 Å². The number of hydrogen-bond donors (Lipinski definition) is 2. The van der Waals surface area contributed by atoms with Gasteiger partial charge in [0, 0.05) is 87.8 Å². The molecule has 15 nitrogen and oxygen atoms in total. The Morgan fingerprint density at radius 3 is 1.47 bits per heavy atom. The molecule has 0 aliphatic rings. The highest BCUT2D eigenvalue weighted by atomic mass is 79.9. The number of nitrogens with one attached hydrogen (secondary N) is 2. The van der Waals surface area contributed by atoms with Gasteiger partial charge in [0.25, 0.3) is 0 Å². The lowest BCUT2D eigenvalue weighted by molar-refractivity contribution is 0.0275. The predicted molar refractivity (Wildman–Crippen MR) is 230 cm³/mol. The van der Waals surface area contributed by atoms with Gasteiger partial charge in [0.15, 0.2) is 0 Å². The van der Waals surface area contributed by atoms with E-state index in [1.807, 2.05) is 79.9 Å². The molecule has 0 spiro atoms. The smallest absolute Gasteiger partial charge is 0.410 e. The van der Waals surface area contributed by atoms with Gasteiger partial charge in [-0.1, -0.05) is 7.43 Å². The Balaban J connectivity index is 0.000000760. The minimum absolute atomic E-state index is 0. The summed E-state index contributed by atoms with van der Waals surface area (Å²) in [7, 11) is 7.08. The van der Waals surface area contributed by atoms with Crippen molar-refractivity contribution in [2.24, 2.45) is 0 Å². The summed E-state index contributed by atoms with van der Waals surface area (Å²) >= 11 is 3.34. The molecule has 310 valence electrons. The van der Waals surface area contributed by atoms with Crippen molar-refractivity contribution in [1.29, 1.82) is 5.26 Å². The highest BCUT2D eigenvalue weighted by Crippen LogP contribution is 2.16. The molecule has 2 amide bonds. The van der Waals surface area contributed by atoms with Gasteiger partial charge in [-0.3, -0.25) is 19.9 Å². The summed E-state index contributed by atoms with van der Waals surface area (Å²) in [5, 5.41) is 14.5. The van der Waals surface area contributed by atoms with Crippen molar-refractivity contribution < 1.29 is 19.1 Å². The number of halogens is 1. The molecule has 0 aliphatic carbocycles. The number of hydrogen-bond acceptors (Lipinski definition) is 11. The van der Waals surface area contributed by atoms with E-state index < -0.39 is 17.3 Å². The lowest BCUT2D eigenvalue weighted by Gasteiger charge is -2.24. The van der Waals surface area contributed by atoms with Crippen LogP contribution in [0.1, 0.15) is 76.8 Å². The fourth-order valence-electron chi connectivity index (χ4n) is 4.21. The minimum Gasteiger partial charge on any atom is -0.444 e. The molecule has 4 aromatic rings. The van der Waals surface area contributed by atoms with E-state index >= 15 is 0 Å². The van der Waals surface area contributed by atoms with Crippen molar-refractivity contribution in [2.75, 3.05) is 28.2 Å². The second kappa shape index (κ2) is 26.8. The fourth-order valence-corrected chi connectivity index (χ4v) is 4.62. The van der Waals surface area contributed by atoms with Gasteiger partial charge in [0.1, 0.15) is 17.3 Å². The topological polar surface area (TPSA) is 167 Å². The third-order valence-electron chi connectivity index (χ3n) is 6.52. The number of pyridine rings is 4. The molecular weight excluding hydrogens is 802 g/mol. The van der Waals surface area contributed by atoms with E-state index in [2.05, 4.69) is 56.2 Å². The molecule has 2 N–H and O–H groups in total. The van der Waals surface area contributed by atoms with E-state index in [1.54, 1.807) is 63.5 Å². The normalized spacial score (nSPS) is 10.0. The van der Waals surface area contributed by atoms with E-state index in [1.165, 1.54) is 16.0 Å². The molecular formula is C42H56BrN11O4. The lowest BCUT2D eigenvalue weighted by Crippen LogP contribution is -2.33. The number of carbonyl (C=O) groups is 2. The SMILES string of the molecule is C.CN(Cc1cncc(Br)c1)C(=O)OC(C)(C)C.CNCc1cncc(C#N)c1.[C-]#[N+]c1cncc(CN(C)C(=O)OC(C)(C)C)c1.[C-]#[N+]c1cncc(CNC)c1. The molecule has 16 heteroatoms. The van der Waals surface area contributed by atoms with Gasteiger partial charge in [0.05, 0.1) is 25.3 Å². The molecule has 0 aliphatic heterocycles. The van der Waals surface area contributed by atoms with E-state index in [9.17, 15) is 9.59 Å². The maximum atomic E-state index is 11.7. The maximum absolute atomic E-state index is 11.7. The second-order valence-corrected chi connectivity index (χ2v) is 15.2. The number of nitriles is 1. The summed E-state index contributed by atoms with van der Waals surface area (Å²) < 4.78 is 11.4. The third kappa shape index (κ3) is 23.2. The van der Waals surface area contributed by atoms with Gasteiger partial charge in [-0.2, -0.15) is 5.26 Å².